The van der Waals surface area contributed by atoms with Gasteiger partial charge >= 0.3 is 0 Å². The molecule has 0 aliphatic heterocycles. The molecule has 0 saturated heterocycles. The van der Waals surface area contributed by atoms with Crippen LogP contribution in [0.3, 0.4) is 0 Å². The van der Waals surface area contributed by atoms with Crippen molar-refractivity contribution in [2.75, 3.05) is 0 Å². The lowest BCUT2D eigenvalue weighted by Gasteiger charge is -2.31. The average molecular weight is 254 g/mol. The van der Waals surface area contributed by atoms with Crippen molar-refractivity contribution in [3.05, 3.63) is 35.4 Å². The molecule has 0 bridgehead atoms. The minimum atomic E-state index is -0.169. The molecule has 1 aromatic rings. The first-order valence-electron chi connectivity index (χ1n) is 6.42. The molecule has 2 heteroatoms. The first kappa shape index (κ1) is 14.5. The number of alkyl halides is 1. The highest BCUT2D eigenvalue weighted by molar-refractivity contribution is 6.17. The molecule has 96 valence electrons. The molecule has 0 aromatic heterocycles. The van der Waals surface area contributed by atoms with E-state index in [1.54, 1.807) is 0 Å². The van der Waals surface area contributed by atoms with Gasteiger partial charge in [-0.15, -0.1) is 11.6 Å². The van der Waals surface area contributed by atoms with Gasteiger partial charge in [-0.1, -0.05) is 44.0 Å². The zero-order valence-corrected chi connectivity index (χ0v) is 11.9. The number of hydrogen-bond acceptors (Lipinski definition) is 1. The van der Waals surface area contributed by atoms with Crippen LogP contribution in [0, 0.1) is 0 Å². The average Bonchev–Trinajstić information content (AvgIpc) is 2.29. The van der Waals surface area contributed by atoms with E-state index in [9.17, 15) is 0 Å². The molecule has 0 fully saturated rings. The third-order valence-corrected chi connectivity index (χ3v) is 3.59. The second-order valence-electron chi connectivity index (χ2n) is 5.39. The van der Waals surface area contributed by atoms with Gasteiger partial charge < -0.3 is 5.73 Å². The summed E-state index contributed by atoms with van der Waals surface area (Å²) in [6.07, 6.45) is 3.59. The number of rotatable bonds is 6. The SMILES string of the molecule is CCCCC(c1ccc(CCl)cc1)C(C)(C)N. The van der Waals surface area contributed by atoms with Crippen molar-refractivity contribution in [1.29, 1.82) is 0 Å². The molecule has 1 rings (SSSR count). The lowest BCUT2D eigenvalue weighted by molar-refractivity contribution is 0.381. The lowest BCUT2D eigenvalue weighted by atomic mass is 9.79. The van der Waals surface area contributed by atoms with Gasteiger partial charge in [0.25, 0.3) is 0 Å². The quantitative estimate of drug-likeness (QED) is 0.746. The van der Waals surface area contributed by atoms with Crippen molar-refractivity contribution in [3.8, 4) is 0 Å². The van der Waals surface area contributed by atoms with Crippen LogP contribution in [-0.2, 0) is 5.88 Å². The molecule has 0 aliphatic rings. The monoisotopic (exact) mass is 253 g/mol. The van der Waals surface area contributed by atoms with E-state index < -0.39 is 0 Å². The maximum absolute atomic E-state index is 6.30. The Morgan fingerprint density at radius 3 is 2.24 bits per heavy atom. The molecule has 1 atom stereocenters. The van der Waals surface area contributed by atoms with Gasteiger partial charge in [0.2, 0.25) is 0 Å². The van der Waals surface area contributed by atoms with E-state index >= 15 is 0 Å². The van der Waals surface area contributed by atoms with Gasteiger partial charge in [0.15, 0.2) is 0 Å². The fourth-order valence-electron chi connectivity index (χ4n) is 2.22. The zero-order valence-electron chi connectivity index (χ0n) is 11.2. The summed E-state index contributed by atoms with van der Waals surface area (Å²) >= 11 is 5.81. The Bertz CT molecular complexity index is 324. The normalized spacial score (nSPS) is 13.7. The minimum Gasteiger partial charge on any atom is -0.325 e. The van der Waals surface area contributed by atoms with Gasteiger partial charge in [-0.25, -0.2) is 0 Å². The lowest BCUT2D eigenvalue weighted by Crippen LogP contribution is -2.39. The van der Waals surface area contributed by atoms with E-state index in [1.807, 2.05) is 0 Å². The molecule has 0 radical (unpaired) electrons. The third kappa shape index (κ3) is 4.33. The smallest absolute Gasteiger partial charge is 0.0474 e. The summed E-state index contributed by atoms with van der Waals surface area (Å²) in [4.78, 5) is 0. The van der Waals surface area contributed by atoms with Crippen molar-refractivity contribution in [2.24, 2.45) is 5.73 Å². The van der Waals surface area contributed by atoms with Crippen LogP contribution in [-0.4, -0.2) is 5.54 Å². The number of hydrogen-bond donors (Lipinski definition) is 1. The Morgan fingerprint density at radius 2 is 1.82 bits per heavy atom. The molecule has 0 saturated carbocycles. The predicted molar refractivity (Wildman–Crippen MR) is 76.5 cm³/mol. The van der Waals surface area contributed by atoms with Crippen LogP contribution < -0.4 is 5.73 Å². The molecule has 1 nitrogen and oxygen atoms in total. The first-order chi connectivity index (χ1) is 7.99. The van der Waals surface area contributed by atoms with E-state index in [0.717, 1.165) is 6.42 Å². The van der Waals surface area contributed by atoms with Crippen molar-refractivity contribution in [3.63, 3.8) is 0 Å². The van der Waals surface area contributed by atoms with Crippen LogP contribution in [0.25, 0.3) is 0 Å². The van der Waals surface area contributed by atoms with Gasteiger partial charge in [-0.05, 0) is 31.4 Å². The Kier molecular flexibility index (Phi) is 5.48. The zero-order chi connectivity index (χ0) is 12.9. The van der Waals surface area contributed by atoms with E-state index in [1.165, 1.54) is 24.0 Å². The Balaban J connectivity index is 2.88. The van der Waals surface area contributed by atoms with E-state index in [2.05, 4.69) is 45.0 Å². The van der Waals surface area contributed by atoms with Gasteiger partial charge in [0.05, 0.1) is 0 Å². The summed E-state index contributed by atoms with van der Waals surface area (Å²) in [5.41, 5.74) is 8.63. The molecule has 0 aliphatic carbocycles. The molecule has 0 heterocycles. The van der Waals surface area contributed by atoms with E-state index in [-0.39, 0.29) is 5.54 Å². The summed E-state index contributed by atoms with van der Waals surface area (Å²) in [7, 11) is 0. The van der Waals surface area contributed by atoms with Crippen LogP contribution in [0.15, 0.2) is 24.3 Å². The minimum absolute atomic E-state index is 0.169. The fraction of sp³-hybridized carbons (Fsp3) is 0.600. The predicted octanol–water partition coefficient (Wildman–Crippen LogP) is 4.44. The van der Waals surface area contributed by atoms with Crippen molar-refractivity contribution in [1.82, 2.24) is 0 Å². The Labute approximate surface area is 110 Å². The van der Waals surface area contributed by atoms with Crippen LogP contribution in [0.5, 0.6) is 0 Å². The summed E-state index contributed by atoms with van der Waals surface area (Å²) in [6, 6.07) is 8.55. The summed E-state index contributed by atoms with van der Waals surface area (Å²) in [5.74, 6) is 0.998. The molecule has 0 spiro atoms. The number of unbranched alkanes of at least 4 members (excludes halogenated alkanes) is 1. The van der Waals surface area contributed by atoms with Crippen molar-refractivity contribution < 1.29 is 0 Å². The van der Waals surface area contributed by atoms with Gasteiger partial charge in [0.1, 0.15) is 0 Å². The van der Waals surface area contributed by atoms with Gasteiger partial charge in [0, 0.05) is 17.3 Å². The first-order valence-corrected chi connectivity index (χ1v) is 6.96. The molecule has 0 amide bonds. The maximum Gasteiger partial charge on any atom is 0.0474 e. The highest BCUT2D eigenvalue weighted by Crippen LogP contribution is 2.31. The molecular weight excluding hydrogens is 230 g/mol. The maximum atomic E-state index is 6.30. The molecule has 1 unspecified atom stereocenters. The third-order valence-electron chi connectivity index (χ3n) is 3.28. The van der Waals surface area contributed by atoms with Crippen molar-refractivity contribution in [2.45, 2.75) is 57.4 Å². The van der Waals surface area contributed by atoms with Gasteiger partial charge in [-0.2, -0.15) is 0 Å². The Morgan fingerprint density at radius 1 is 1.24 bits per heavy atom. The summed E-state index contributed by atoms with van der Waals surface area (Å²) in [6.45, 7) is 6.45. The van der Waals surface area contributed by atoms with E-state index in [4.69, 9.17) is 17.3 Å². The fourth-order valence-corrected chi connectivity index (χ4v) is 2.39. The van der Waals surface area contributed by atoms with Gasteiger partial charge in [-0.3, -0.25) is 0 Å². The summed E-state index contributed by atoms with van der Waals surface area (Å²) < 4.78 is 0. The number of nitrogens with two attached hydrogens (primary N) is 1. The van der Waals surface area contributed by atoms with Crippen LogP contribution in [0.1, 0.15) is 57.1 Å². The van der Waals surface area contributed by atoms with Crippen LogP contribution in [0.4, 0.5) is 0 Å². The standard InChI is InChI=1S/C15H24ClN/c1-4-5-6-14(15(2,3)17)13-9-7-12(11-16)8-10-13/h7-10,14H,4-6,11,17H2,1-3H3. The molecular formula is C15H24ClN. The molecule has 17 heavy (non-hydrogen) atoms. The number of benzene rings is 1. The number of halogens is 1. The Hall–Kier alpha value is -0.530. The second-order valence-corrected chi connectivity index (χ2v) is 5.66. The second kappa shape index (κ2) is 6.42. The van der Waals surface area contributed by atoms with E-state index in [0.29, 0.717) is 11.8 Å². The highest BCUT2D eigenvalue weighted by atomic mass is 35.5. The van der Waals surface area contributed by atoms with Crippen molar-refractivity contribution >= 4 is 11.6 Å². The summed E-state index contributed by atoms with van der Waals surface area (Å²) in [5, 5.41) is 0. The van der Waals surface area contributed by atoms with Crippen LogP contribution in [0.2, 0.25) is 0 Å². The molecule has 2 N–H and O–H groups in total. The van der Waals surface area contributed by atoms with Crippen LogP contribution >= 0.6 is 11.6 Å². The molecule has 1 aromatic carbocycles. The highest BCUT2D eigenvalue weighted by Gasteiger charge is 2.25. The largest absolute Gasteiger partial charge is 0.325 e. The topological polar surface area (TPSA) is 26.0 Å².